The highest BCUT2D eigenvalue weighted by molar-refractivity contribution is 5.92. The highest BCUT2D eigenvalue weighted by Crippen LogP contribution is 2.43. The first kappa shape index (κ1) is 19.4. The van der Waals surface area contributed by atoms with E-state index in [1.165, 1.54) is 0 Å². The third kappa shape index (κ3) is 4.03. The Morgan fingerprint density at radius 1 is 1.36 bits per heavy atom. The number of esters is 1. The van der Waals surface area contributed by atoms with Crippen molar-refractivity contribution in [3.63, 3.8) is 0 Å². The summed E-state index contributed by atoms with van der Waals surface area (Å²) in [4.78, 5) is 27.6. The van der Waals surface area contributed by atoms with Crippen LogP contribution in [0.2, 0.25) is 0 Å². The Morgan fingerprint density at radius 3 is 2.48 bits per heavy atom. The standard InChI is InChI=1S/C20H29NO4/c1-14(15-9-7-6-8-10-15)21-13-20(5,16(11-12-22)17(21)23)18(24)25-19(2,3)4/h6-10,14,16,22H,11-13H2,1-5H3/t14-,16-,20-/m1/s1. The Bertz CT molecular complexity index is 622. The van der Waals surface area contributed by atoms with E-state index in [1.54, 1.807) is 11.8 Å². The van der Waals surface area contributed by atoms with Gasteiger partial charge in [0, 0.05) is 13.2 Å². The van der Waals surface area contributed by atoms with Gasteiger partial charge >= 0.3 is 5.97 Å². The van der Waals surface area contributed by atoms with Crippen molar-refractivity contribution in [3.05, 3.63) is 35.9 Å². The maximum atomic E-state index is 13.0. The maximum absolute atomic E-state index is 13.0. The lowest BCUT2D eigenvalue weighted by molar-refractivity contribution is -0.169. The molecule has 3 atom stereocenters. The smallest absolute Gasteiger partial charge is 0.314 e. The van der Waals surface area contributed by atoms with Gasteiger partial charge in [-0.2, -0.15) is 0 Å². The first-order valence-corrected chi connectivity index (χ1v) is 8.80. The molecule has 0 aromatic heterocycles. The third-order valence-corrected chi connectivity index (χ3v) is 4.88. The van der Waals surface area contributed by atoms with Gasteiger partial charge in [0.2, 0.25) is 5.91 Å². The molecule has 5 heteroatoms. The lowest BCUT2D eigenvalue weighted by atomic mass is 9.78. The molecule has 0 unspecified atom stereocenters. The molecular formula is C20H29NO4. The second-order valence-electron chi connectivity index (χ2n) is 8.04. The number of rotatable bonds is 5. The molecule has 5 nitrogen and oxygen atoms in total. The van der Waals surface area contributed by atoms with E-state index in [4.69, 9.17) is 4.74 Å². The third-order valence-electron chi connectivity index (χ3n) is 4.88. The summed E-state index contributed by atoms with van der Waals surface area (Å²) in [7, 11) is 0. The molecular weight excluding hydrogens is 318 g/mol. The number of hydrogen-bond acceptors (Lipinski definition) is 4. The molecule has 1 heterocycles. The van der Waals surface area contributed by atoms with Crippen LogP contribution in [0.3, 0.4) is 0 Å². The number of hydrogen-bond donors (Lipinski definition) is 1. The number of aliphatic hydroxyl groups excluding tert-OH is 1. The van der Waals surface area contributed by atoms with Gasteiger partial charge in [0.15, 0.2) is 0 Å². The molecule has 1 fully saturated rings. The number of carbonyl (C=O) groups excluding carboxylic acids is 2. The van der Waals surface area contributed by atoms with Crippen molar-refractivity contribution in [3.8, 4) is 0 Å². The Hall–Kier alpha value is -1.88. The number of aliphatic hydroxyl groups is 1. The zero-order valence-corrected chi connectivity index (χ0v) is 15.8. The predicted molar refractivity (Wildman–Crippen MR) is 95.7 cm³/mol. The molecule has 1 aliphatic heterocycles. The molecule has 0 bridgehead atoms. The van der Waals surface area contributed by atoms with Gasteiger partial charge in [0.05, 0.1) is 17.4 Å². The van der Waals surface area contributed by atoms with Crippen LogP contribution < -0.4 is 0 Å². The molecule has 0 saturated carbocycles. The zero-order valence-electron chi connectivity index (χ0n) is 15.8. The molecule has 138 valence electrons. The van der Waals surface area contributed by atoms with Gasteiger partial charge in [-0.25, -0.2) is 0 Å². The van der Waals surface area contributed by atoms with Crippen LogP contribution >= 0.6 is 0 Å². The number of nitrogens with zero attached hydrogens (tertiary/aromatic N) is 1. The highest BCUT2D eigenvalue weighted by atomic mass is 16.6. The van der Waals surface area contributed by atoms with Gasteiger partial charge in [0.25, 0.3) is 0 Å². The van der Waals surface area contributed by atoms with Gasteiger partial charge in [0.1, 0.15) is 5.60 Å². The van der Waals surface area contributed by atoms with Gasteiger partial charge in [-0.05, 0) is 46.6 Å². The fraction of sp³-hybridized carbons (Fsp3) is 0.600. The summed E-state index contributed by atoms with van der Waals surface area (Å²) in [5.41, 5.74) is -0.561. The Labute approximate surface area is 150 Å². The lowest BCUT2D eigenvalue weighted by Gasteiger charge is -2.31. The summed E-state index contributed by atoms with van der Waals surface area (Å²) >= 11 is 0. The van der Waals surface area contributed by atoms with Gasteiger partial charge in [-0.1, -0.05) is 30.3 Å². The molecule has 1 aromatic carbocycles. The largest absolute Gasteiger partial charge is 0.459 e. The van der Waals surface area contributed by atoms with Crippen LogP contribution in [0.1, 0.15) is 52.6 Å². The monoisotopic (exact) mass is 347 g/mol. The summed E-state index contributed by atoms with van der Waals surface area (Å²) in [6.45, 7) is 9.34. The molecule has 25 heavy (non-hydrogen) atoms. The minimum atomic E-state index is -0.962. The lowest BCUT2D eigenvalue weighted by Crippen LogP contribution is -2.41. The minimum absolute atomic E-state index is 0.0984. The molecule has 1 aromatic rings. The number of likely N-dealkylation sites (tertiary alicyclic amines) is 1. The number of ether oxygens (including phenoxy) is 1. The van der Waals surface area contributed by atoms with Crippen LogP contribution in [0.15, 0.2) is 30.3 Å². The van der Waals surface area contributed by atoms with E-state index in [1.807, 2.05) is 58.0 Å². The summed E-state index contributed by atoms with van der Waals surface area (Å²) in [5.74, 6) is -1.05. The normalized spacial score (nSPS) is 25.1. The van der Waals surface area contributed by atoms with Crippen LogP contribution in [0.5, 0.6) is 0 Å². The van der Waals surface area contributed by atoms with Crippen LogP contribution in [-0.4, -0.2) is 40.6 Å². The van der Waals surface area contributed by atoms with Crippen molar-refractivity contribution in [2.45, 2.75) is 52.7 Å². The zero-order chi connectivity index (χ0) is 18.8. The molecule has 0 spiro atoms. The van der Waals surface area contributed by atoms with E-state index in [-0.39, 0.29) is 30.9 Å². The van der Waals surface area contributed by atoms with E-state index < -0.39 is 16.9 Å². The molecule has 1 aliphatic rings. The summed E-state index contributed by atoms with van der Waals surface area (Å²) < 4.78 is 5.58. The molecule has 1 saturated heterocycles. The van der Waals surface area contributed by atoms with Crippen molar-refractivity contribution < 1.29 is 19.4 Å². The Kier molecular flexibility index (Phi) is 5.57. The first-order valence-electron chi connectivity index (χ1n) is 8.80. The van der Waals surface area contributed by atoms with Crippen molar-refractivity contribution in [1.29, 1.82) is 0 Å². The van der Waals surface area contributed by atoms with Crippen LogP contribution in [0.4, 0.5) is 0 Å². The van der Waals surface area contributed by atoms with Crippen molar-refractivity contribution in [2.75, 3.05) is 13.2 Å². The number of amides is 1. The van der Waals surface area contributed by atoms with Crippen LogP contribution in [0.25, 0.3) is 0 Å². The SMILES string of the molecule is C[C@H](c1ccccc1)N1C[C@@](C)(C(=O)OC(C)(C)C)[C@H](CCO)C1=O. The number of carbonyl (C=O) groups is 2. The molecule has 0 aliphatic carbocycles. The quantitative estimate of drug-likeness (QED) is 0.832. The highest BCUT2D eigenvalue weighted by Gasteiger charge is 2.56. The molecule has 1 amide bonds. The Morgan fingerprint density at radius 2 is 1.96 bits per heavy atom. The van der Waals surface area contributed by atoms with Gasteiger partial charge in [-0.3, -0.25) is 9.59 Å². The van der Waals surface area contributed by atoms with Crippen LogP contribution in [0, 0.1) is 11.3 Å². The van der Waals surface area contributed by atoms with Crippen molar-refractivity contribution in [2.24, 2.45) is 11.3 Å². The molecule has 0 radical (unpaired) electrons. The molecule has 2 rings (SSSR count). The predicted octanol–water partition coefficient (Wildman–Crippen LogP) is 2.94. The maximum Gasteiger partial charge on any atom is 0.314 e. The fourth-order valence-corrected chi connectivity index (χ4v) is 3.43. The van der Waals surface area contributed by atoms with E-state index in [0.717, 1.165) is 5.56 Å². The number of benzene rings is 1. The first-order chi connectivity index (χ1) is 11.6. The molecule has 1 N–H and O–H groups in total. The summed E-state index contributed by atoms with van der Waals surface area (Å²) in [6, 6.07) is 9.61. The minimum Gasteiger partial charge on any atom is -0.459 e. The average Bonchev–Trinajstić information content (AvgIpc) is 2.80. The van der Waals surface area contributed by atoms with E-state index >= 15 is 0 Å². The van der Waals surface area contributed by atoms with Crippen LogP contribution in [-0.2, 0) is 14.3 Å². The van der Waals surface area contributed by atoms with E-state index in [2.05, 4.69) is 0 Å². The average molecular weight is 347 g/mol. The second kappa shape index (κ2) is 7.16. The van der Waals surface area contributed by atoms with Crippen molar-refractivity contribution >= 4 is 11.9 Å². The van der Waals surface area contributed by atoms with Gasteiger partial charge in [-0.15, -0.1) is 0 Å². The van der Waals surface area contributed by atoms with E-state index in [0.29, 0.717) is 6.54 Å². The van der Waals surface area contributed by atoms with Crippen molar-refractivity contribution in [1.82, 2.24) is 4.90 Å². The van der Waals surface area contributed by atoms with Gasteiger partial charge < -0.3 is 14.7 Å². The summed E-state index contributed by atoms with van der Waals surface area (Å²) in [5, 5.41) is 9.41. The topological polar surface area (TPSA) is 66.8 Å². The summed E-state index contributed by atoms with van der Waals surface area (Å²) in [6.07, 6.45) is 0.257. The fourth-order valence-electron chi connectivity index (χ4n) is 3.43. The Balaban J connectivity index is 2.31. The van der Waals surface area contributed by atoms with E-state index in [9.17, 15) is 14.7 Å². The second-order valence-corrected chi connectivity index (χ2v) is 8.04.